The molecular formula is C24H27Cl2FN2O2. The first-order valence-electron chi connectivity index (χ1n) is 10.6. The monoisotopic (exact) mass is 464 g/mol. The molecule has 1 N–H and O–H groups in total. The normalized spacial score (nSPS) is 15.4. The summed E-state index contributed by atoms with van der Waals surface area (Å²) in [5.74, 6) is -0.731. The number of hydrogen-bond donors (Lipinski definition) is 1. The molecule has 4 nitrogen and oxygen atoms in total. The number of rotatable bonds is 7. The molecule has 3 rings (SSSR count). The molecule has 7 heteroatoms. The fraction of sp³-hybridized carbons (Fsp3) is 0.417. The van der Waals surface area contributed by atoms with E-state index in [0.29, 0.717) is 15.6 Å². The van der Waals surface area contributed by atoms with Crippen molar-refractivity contribution in [1.82, 2.24) is 10.2 Å². The molecule has 0 bridgehead atoms. The van der Waals surface area contributed by atoms with E-state index in [2.05, 4.69) is 5.32 Å². The number of carbonyl (C=O) groups is 2. The Labute approximate surface area is 192 Å². The molecule has 1 fully saturated rings. The van der Waals surface area contributed by atoms with E-state index in [0.717, 1.165) is 31.2 Å². The van der Waals surface area contributed by atoms with Gasteiger partial charge in [0.1, 0.15) is 11.9 Å². The summed E-state index contributed by atoms with van der Waals surface area (Å²) in [6.07, 6.45) is 5.42. The Morgan fingerprint density at radius 2 is 1.68 bits per heavy atom. The highest BCUT2D eigenvalue weighted by Gasteiger charge is 2.28. The highest BCUT2D eigenvalue weighted by molar-refractivity contribution is 6.42. The second kappa shape index (κ2) is 11.0. The Kier molecular flexibility index (Phi) is 8.33. The second-order valence-corrected chi connectivity index (χ2v) is 8.91. The van der Waals surface area contributed by atoms with E-state index in [-0.39, 0.29) is 36.6 Å². The summed E-state index contributed by atoms with van der Waals surface area (Å²) in [4.78, 5) is 27.7. The van der Waals surface area contributed by atoms with Crippen molar-refractivity contribution >= 4 is 35.0 Å². The number of carbonyl (C=O) groups excluding carboxylic acids is 2. The van der Waals surface area contributed by atoms with Gasteiger partial charge in [-0.3, -0.25) is 9.59 Å². The second-order valence-electron chi connectivity index (χ2n) is 8.09. The van der Waals surface area contributed by atoms with Gasteiger partial charge in [-0.05, 0) is 55.2 Å². The summed E-state index contributed by atoms with van der Waals surface area (Å²) in [5, 5.41) is 3.89. The third-order valence-electron chi connectivity index (χ3n) is 5.72. The van der Waals surface area contributed by atoms with E-state index < -0.39 is 6.04 Å². The Hall–Kier alpha value is -2.11. The van der Waals surface area contributed by atoms with Crippen molar-refractivity contribution in [3.63, 3.8) is 0 Å². The number of amides is 2. The molecule has 166 valence electrons. The van der Waals surface area contributed by atoms with E-state index in [1.54, 1.807) is 37.3 Å². The van der Waals surface area contributed by atoms with Gasteiger partial charge < -0.3 is 10.2 Å². The Morgan fingerprint density at radius 3 is 2.32 bits per heavy atom. The predicted molar refractivity (Wildman–Crippen MR) is 122 cm³/mol. The summed E-state index contributed by atoms with van der Waals surface area (Å²) in [6.45, 7) is 1.94. The van der Waals surface area contributed by atoms with Crippen LogP contribution < -0.4 is 5.32 Å². The number of nitrogens with zero attached hydrogens (tertiary/aromatic N) is 1. The van der Waals surface area contributed by atoms with Crippen molar-refractivity contribution in [3.8, 4) is 0 Å². The van der Waals surface area contributed by atoms with Crippen LogP contribution in [-0.4, -0.2) is 28.8 Å². The van der Waals surface area contributed by atoms with Crippen LogP contribution in [0.5, 0.6) is 0 Å². The first-order valence-corrected chi connectivity index (χ1v) is 11.4. The molecule has 0 spiro atoms. The third-order valence-corrected chi connectivity index (χ3v) is 6.46. The topological polar surface area (TPSA) is 49.4 Å². The number of benzene rings is 2. The van der Waals surface area contributed by atoms with Crippen molar-refractivity contribution in [3.05, 3.63) is 69.5 Å². The van der Waals surface area contributed by atoms with Crippen molar-refractivity contribution in [2.24, 2.45) is 0 Å². The van der Waals surface area contributed by atoms with Gasteiger partial charge in [0.2, 0.25) is 11.8 Å². The van der Waals surface area contributed by atoms with E-state index in [4.69, 9.17) is 23.2 Å². The lowest BCUT2D eigenvalue weighted by Gasteiger charge is -2.31. The van der Waals surface area contributed by atoms with Crippen molar-refractivity contribution < 1.29 is 14.0 Å². The molecule has 31 heavy (non-hydrogen) atoms. The SMILES string of the molecule is C[C@H](C(=O)NC1CCCCC1)N(Cc1ccc(F)cc1)C(=O)Cc1ccc(Cl)c(Cl)c1. The maximum absolute atomic E-state index is 13.3. The fourth-order valence-corrected chi connectivity index (χ4v) is 4.18. The summed E-state index contributed by atoms with van der Waals surface area (Å²) < 4.78 is 13.3. The van der Waals surface area contributed by atoms with Gasteiger partial charge in [-0.15, -0.1) is 0 Å². The Morgan fingerprint density at radius 1 is 1.03 bits per heavy atom. The Bertz CT molecular complexity index is 914. The Balaban J connectivity index is 1.76. The van der Waals surface area contributed by atoms with Crippen LogP contribution in [0.15, 0.2) is 42.5 Å². The van der Waals surface area contributed by atoms with Crippen LogP contribution in [0.2, 0.25) is 10.0 Å². The van der Waals surface area contributed by atoms with Gasteiger partial charge in [-0.25, -0.2) is 4.39 Å². The molecule has 0 aromatic heterocycles. The van der Waals surface area contributed by atoms with Gasteiger partial charge in [-0.1, -0.05) is 60.7 Å². The lowest BCUT2D eigenvalue weighted by Crippen LogP contribution is -2.50. The zero-order valence-corrected chi connectivity index (χ0v) is 19.1. The molecule has 0 unspecified atom stereocenters. The average Bonchev–Trinajstić information content (AvgIpc) is 2.76. The van der Waals surface area contributed by atoms with Crippen molar-refractivity contribution in [1.29, 1.82) is 0 Å². The first-order chi connectivity index (χ1) is 14.8. The van der Waals surface area contributed by atoms with Crippen LogP contribution in [-0.2, 0) is 22.6 Å². The molecule has 1 atom stereocenters. The smallest absolute Gasteiger partial charge is 0.242 e. The van der Waals surface area contributed by atoms with E-state index in [1.807, 2.05) is 0 Å². The summed E-state index contributed by atoms with van der Waals surface area (Å²) in [6, 6.07) is 10.5. The van der Waals surface area contributed by atoms with Crippen LogP contribution in [0.1, 0.15) is 50.2 Å². The molecule has 2 aromatic carbocycles. The average molecular weight is 465 g/mol. The molecule has 2 amide bonds. The minimum absolute atomic E-state index is 0.0825. The number of halogens is 3. The molecule has 1 aliphatic rings. The molecule has 0 aliphatic heterocycles. The third kappa shape index (κ3) is 6.68. The van der Waals surface area contributed by atoms with Gasteiger partial charge >= 0.3 is 0 Å². The van der Waals surface area contributed by atoms with Crippen molar-refractivity contribution in [2.45, 2.75) is 64.1 Å². The number of nitrogens with one attached hydrogen (secondary N) is 1. The number of hydrogen-bond acceptors (Lipinski definition) is 2. The van der Waals surface area contributed by atoms with Crippen LogP contribution in [0.3, 0.4) is 0 Å². The standard InChI is InChI=1S/C24H27Cl2FN2O2/c1-16(24(31)28-20-5-3-2-4-6-20)29(15-17-7-10-19(27)11-8-17)23(30)14-18-9-12-21(25)22(26)13-18/h7-13,16,20H,2-6,14-15H2,1H3,(H,28,31)/t16-/m1/s1. The maximum Gasteiger partial charge on any atom is 0.242 e. The van der Waals surface area contributed by atoms with E-state index in [1.165, 1.54) is 23.5 Å². The largest absolute Gasteiger partial charge is 0.352 e. The molecule has 0 radical (unpaired) electrons. The first kappa shape index (κ1) is 23.6. The summed E-state index contributed by atoms with van der Waals surface area (Å²) in [7, 11) is 0. The fourth-order valence-electron chi connectivity index (χ4n) is 3.86. The van der Waals surface area contributed by atoms with Gasteiger partial charge in [-0.2, -0.15) is 0 Å². The highest BCUT2D eigenvalue weighted by atomic mass is 35.5. The van der Waals surface area contributed by atoms with Crippen LogP contribution in [0.4, 0.5) is 4.39 Å². The molecule has 0 saturated heterocycles. The zero-order valence-electron chi connectivity index (χ0n) is 17.5. The molecule has 1 saturated carbocycles. The highest BCUT2D eigenvalue weighted by Crippen LogP contribution is 2.24. The predicted octanol–water partition coefficient (Wildman–Crippen LogP) is 5.54. The van der Waals surface area contributed by atoms with Crippen LogP contribution in [0.25, 0.3) is 0 Å². The van der Waals surface area contributed by atoms with Gasteiger partial charge in [0.15, 0.2) is 0 Å². The summed E-state index contributed by atoms with van der Waals surface area (Å²) >= 11 is 12.1. The van der Waals surface area contributed by atoms with E-state index >= 15 is 0 Å². The minimum Gasteiger partial charge on any atom is -0.352 e. The van der Waals surface area contributed by atoms with Gasteiger partial charge in [0.05, 0.1) is 16.5 Å². The summed E-state index contributed by atoms with van der Waals surface area (Å²) in [5.41, 5.74) is 1.46. The van der Waals surface area contributed by atoms with Gasteiger partial charge in [0.25, 0.3) is 0 Å². The molecule has 2 aromatic rings. The maximum atomic E-state index is 13.3. The lowest BCUT2D eigenvalue weighted by atomic mass is 9.95. The van der Waals surface area contributed by atoms with Crippen LogP contribution in [0, 0.1) is 5.82 Å². The van der Waals surface area contributed by atoms with Gasteiger partial charge in [0, 0.05) is 12.6 Å². The molecular weight excluding hydrogens is 438 g/mol. The minimum atomic E-state index is -0.665. The van der Waals surface area contributed by atoms with Crippen molar-refractivity contribution in [2.75, 3.05) is 0 Å². The van der Waals surface area contributed by atoms with E-state index in [9.17, 15) is 14.0 Å². The zero-order chi connectivity index (χ0) is 22.4. The van der Waals surface area contributed by atoms with Crippen LogP contribution >= 0.6 is 23.2 Å². The quantitative estimate of drug-likeness (QED) is 0.584. The molecule has 1 aliphatic carbocycles. The lowest BCUT2D eigenvalue weighted by molar-refractivity contribution is -0.140. The molecule has 0 heterocycles.